The Bertz CT molecular complexity index is 826. The predicted molar refractivity (Wildman–Crippen MR) is 105 cm³/mol. The number of nitrogens with one attached hydrogen (secondary N) is 2. The average Bonchev–Trinajstić information content (AvgIpc) is 2.84. The van der Waals surface area contributed by atoms with Gasteiger partial charge in [-0.1, -0.05) is 0 Å². The number of aryl methyl sites for hydroxylation is 2. The molecule has 0 radical (unpaired) electrons. The molecular formula is C17H25N5O3S. The van der Waals surface area contributed by atoms with Gasteiger partial charge in [0.15, 0.2) is 0 Å². The fourth-order valence-electron chi connectivity index (χ4n) is 2.48. The molecule has 26 heavy (non-hydrogen) atoms. The lowest BCUT2D eigenvalue weighted by molar-refractivity contribution is 0.0540. The molecule has 0 bridgehead atoms. The molecule has 0 saturated carbocycles. The number of anilines is 1. The van der Waals surface area contributed by atoms with Gasteiger partial charge in [0.1, 0.15) is 11.4 Å². The number of benzene rings is 1. The summed E-state index contributed by atoms with van der Waals surface area (Å²) in [5.74, 6) is 1.24. The molecule has 2 amide bonds. The fraction of sp³-hybridized carbons (Fsp3) is 0.471. The lowest BCUT2D eigenvalue weighted by atomic mass is 10.1. The normalized spacial score (nSPS) is 11.4. The molecule has 1 aromatic carbocycles. The van der Waals surface area contributed by atoms with Crippen LogP contribution in [0.1, 0.15) is 32.2 Å². The zero-order chi connectivity index (χ0) is 19.5. The molecule has 0 atom stereocenters. The molecule has 2 rings (SSSR count). The van der Waals surface area contributed by atoms with Crippen LogP contribution in [0.2, 0.25) is 0 Å². The van der Waals surface area contributed by atoms with E-state index in [-0.39, 0.29) is 0 Å². The van der Waals surface area contributed by atoms with Crippen molar-refractivity contribution in [3.63, 3.8) is 0 Å². The molecule has 1 aromatic heterocycles. The van der Waals surface area contributed by atoms with Gasteiger partial charge in [0.05, 0.1) is 11.0 Å². The number of hydrogen-bond donors (Lipinski definition) is 3. The Morgan fingerprint density at radius 1 is 1.31 bits per heavy atom. The molecule has 8 nitrogen and oxygen atoms in total. The third-order valence-corrected chi connectivity index (χ3v) is 4.27. The third kappa shape index (κ3) is 4.81. The van der Waals surface area contributed by atoms with Gasteiger partial charge in [0, 0.05) is 23.5 Å². The Hall–Kier alpha value is -2.42. The molecule has 0 saturated heterocycles. The highest BCUT2D eigenvalue weighted by Crippen LogP contribution is 2.26. The second-order valence-corrected chi connectivity index (χ2v) is 7.72. The Balaban J connectivity index is 2.19. The van der Waals surface area contributed by atoms with Crippen molar-refractivity contribution in [3.05, 3.63) is 23.5 Å². The number of rotatable bonds is 5. The van der Waals surface area contributed by atoms with Crippen molar-refractivity contribution >= 4 is 40.8 Å². The van der Waals surface area contributed by atoms with E-state index in [0.29, 0.717) is 23.6 Å². The van der Waals surface area contributed by atoms with Crippen LogP contribution in [0.5, 0.6) is 0 Å². The summed E-state index contributed by atoms with van der Waals surface area (Å²) < 4.78 is 9.43. The number of imidazole rings is 1. The van der Waals surface area contributed by atoms with Gasteiger partial charge in [0.2, 0.25) is 0 Å². The van der Waals surface area contributed by atoms with Crippen molar-refractivity contribution in [1.29, 1.82) is 0 Å². The van der Waals surface area contributed by atoms with Gasteiger partial charge in [-0.15, -0.1) is 0 Å². The zero-order valence-electron chi connectivity index (χ0n) is 15.7. The molecule has 0 unspecified atom stereocenters. The number of aromatic nitrogens is 2. The number of nitrogens with zero attached hydrogens (tertiary/aromatic N) is 2. The van der Waals surface area contributed by atoms with Crippen LogP contribution < -0.4 is 15.8 Å². The molecule has 0 spiro atoms. The number of fused-ring (bicyclic) bond motifs is 1. The van der Waals surface area contributed by atoms with Crippen molar-refractivity contribution in [2.45, 2.75) is 40.2 Å². The van der Waals surface area contributed by atoms with Gasteiger partial charge >= 0.3 is 12.1 Å². The van der Waals surface area contributed by atoms with Gasteiger partial charge in [-0.3, -0.25) is 4.72 Å². The summed E-state index contributed by atoms with van der Waals surface area (Å²) in [6, 6.07) is 3.20. The highest BCUT2D eigenvalue weighted by Gasteiger charge is 2.22. The van der Waals surface area contributed by atoms with Crippen LogP contribution in [0.3, 0.4) is 0 Å². The van der Waals surface area contributed by atoms with Crippen LogP contribution in [-0.2, 0) is 4.74 Å². The zero-order valence-corrected chi connectivity index (χ0v) is 16.5. The quantitative estimate of drug-likeness (QED) is 0.543. The minimum atomic E-state index is -0.576. The van der Waals surface area contributed by atoms with Gasteiger partial charge in [-0.2, -0.15) is 0 Å². The first-order valence-corrected chi connectivity index (χ1v) is 9.22. The van der Waals surface area contributed by atoms with E-state index in [9.17, 15) is 9.59 Å². The van der Waals surface area contributed by atoms with E-state index in [2.05, 4.69) is 15.0 Å². The molecule has 9 heteroatoms. The maximum absolute atomic E-state index is 12.5. The molecular weight excluding hydrogens is 354 g/mol. The lowest BCUT2D eigenvalue weighted by Gasteiger charge is -2.20. The van der Waals surface area contributed by atoms with E-state index in [4.69, 9.17) is 10.5 Å². The Kier molecular flexibility index (Phi) is 6.01. The maximum atomic E-state index is 12.5. The second kappa shape index (κ2) is 7.86. The largest absolute Gasteiger partial charge is 0.443 e. The number of primary amides is 1. The van der Waals surface area contributed by atoms with Gasteiger partial charge in [0.25, 0.3) is 0 Å². The summed E-state index contributed by atoms with van der Waals surface area (Å²) in [6.45, 7) is 9.87. The monoisotopic (exact) mass is 379 g/mol. The molecule has 4 N–H and O–H groups in total. The highest BCUT2D eigenvalue weighted by atomic mass is 32.2. The van der Waals surface area contributed by atoms with Crippen LogP contribution in [0, 0.1) is 13.8 Å². The molecule has 0 aliphatic carbocycles. The first-order valence-electron chi connectivity index (χ1n) is 8.23. The van der Waals surface area contributed by atoms with E-state index in [1.165, 1.54) is 16.5 Å². The predicted octanol–water partition coefficient (Wildman–Crippen LogP) is 3.16. The number of carbonyl (C=O) groups excluding carboxylic acids is 2. The SMILES string of the molecule is Cc1c(NCCSNC(N)=O)ccc2c1nc(C)n2C(=O)OC(C)(C)C. The standard InChI is InChI=1S/C17H25N5O3S/c1-10-12(19-8-9-26-21-15(18)23)6-7-13-14(10)20-11(2)22(13)16(24)25-17(3,4)5/h6-7,19H,8-9H2,1-5H3,(H3,18,21,23). The average molecular weight is 379 g/mol. The number of amides is 2. The smallest absolute Gasteiger partial charge is 0.420 e. The number of ether oxygens (including phenoxy) is 1. The van der Waals surface area contributed by atoms with Crippen LogP contribution in [-0.4, -0.2) is 39.6 Å². The van der Waals surface area contributed by atoms with Crippen molar-refractivity contribution in [2.24, 2.45) is 5.73 Å². The Labute approximate surface area is 157 Å². The lowest BCUT2D eigenvalue weighted by Crippen LogP contribution is -2.27. The van der Waals surface area contributed by atoms with E-state index >= 15 is 0 Å². The molecule has 0 aliphatic heterocycles. The van der Waals surface area contributed by atoms with Crippen molar-refractivity contribution in [3.8, 4) is 0 Å². The number of urea groups is 1. The van der Waals surface area contributed by atoms with Crippen molar-refractivity contribution in [1.82, 2.24) is 14.3 Å². The number of hydrogen-bond acceptors (Lipinski definition) is 6. The summed E-state index contributed by atoms with van der Waals surface area (Å²) >= 11 is 1.24. The van der Waals surface area contributed by atoms with Gasteiger partial charge in [-0.05, 0) is 58.7 Å². The van der Waals surface area contributed by atoms with Crippen LogP contribution in [0.25, 0.3) is 11.0 Å². The number of nitrogens with two attached hydrogens (primary N) is 1. The topological polar surface area (TPSA) is 111 Å². The van der Waals surface area contributed by atoms with Crippen LogP contribution in [0.4, 0.5) is 15.3 Å². The minimum Gasteiger partial charge on any atom is -0.443 e. The molecule has 0 aliphatic rings. The molecule has 142 valence electrons. The first kappa shape index (κ1) is 19.9. The van der Waals surface area contributed by atoms with E-state index in [0.717, 1.165) is 16.8 Å². The molecule has 1 heterocycles. The van der Waals surface area contributed by atoms with Crippen molar-refractivity contribution < 1.29 is 14.3 Å². The Morgan fingerprint density at radius 3 is 2.62 bits per heavy atom. The summed E-state index contributed by atoms with van der Waals surface area (Å²) in [5.41, 5.74) is 7.77. The molecule has 2 aromatic rings. The van der Waals surface area contributed by atoms with Crippen molar-refractivity contribution in [2.75, 3.05) is 17.6 Å². The van der Waals surface area contributed by atoms with Gasteiger partial charge in [-0.25, -0.2) is 19.1 Å². The molecule has 0 fully saturated rings. The minimum absolute atomic E-state index is 0.438. The fourth-order valence-corrected chi connectivity index (χ4v) is 2.93. The van der Waals surface area contributed by atoms with E-state index in [1.807, 2.05) is 39.8 Å². The third-order valence-electron chi connectivity index (χ3n) is 3.52. The number of carbonyl (C=O) groups is 2. The van der Waals surface area contributed by atoms with Crippen LogP contribution in [0.15, 0.2) is 12.1 Å². The van der Waals surface area contributed by atoms with E-state index in [1.54, 1.807) is 6.92 Å². The summed E-state index contributed by atoms with van der Waals surface area (Å²) in [6.07, 6.45) is -0.438. The summed E-state index contributed by atoms with van der Waals surface area (Å²) in [5, 5.41) is 3.30. The Morgan fingerprint density at radius 2 is 2.00 bits per heavy atom. The second-order valence-electron chi connectivity index (χ2n) is 6.82. The highest BCUT2D eigenvalue weighted by molar-refractivity contribution is 7.97. The summed E-state index contributed by atoms with van der Waals surface area (Å²) in [7, 11) is 0. The summed E-state index contributed by atoms with van der Waals surface area (Å²) in [4.78, 5) is 27.7. The first-order chi connectivity index (χ1) is 12.1. The van der Waals surface area contributed by atoms with Gasteiger partial charge < -0.3 is 15.8 Å². The maximum Gasteiger partial charge on any atom is 0.420 e. The van der Waals surface area contributed by atoms with Crippen LogP contribution >= 0.6 is 11.9 Å². The van der Waals surface area contributed by atoms with E-state index < -0.39 is 17.7 Å².